The Morgan fingerprint density at radius 2 is 2.10 bits per heavy atom. The van der Waals surface area contributed by atoms with E-state index in [-0.39, 0.29) is 17.2 Å². The number of fused-ring (bicyclic) bond motifs is 3. The van der Waals surface area contributed by atoms with E-state index in [1.807, 2.05) is 12.1 Å². The normalized spacial score (nSPS) is 12.9. The van der Waals surface area contributed by atoms with Gasteiger partial charge in [-0.2, -0.15) is 11.8 Å². The fourth-order valence-electron chi connectivity index (χ4n) is 3.72. The van der Waals surface area contributed by atoms with Crippen LogP contribution in [0.3, 0.4) is 0 Å². The summed E-state index contributed by atoms with van der Waals surface area (Å²) in [6.07, 6.45) is 5.35. The van der Waals surface area contributed by atoms with Crippen LogP contribution in [0.1, 0.15) is 41.1 Å². The molecule has 8 heteroatoms. The molecule has 1 aromatic carbocycles. The number of hydrogen-bond acceptors (Lipinski definition) is 6. The number of aromatic nitrogens is 2. The first-order valence-corrected chi connectivity index (χ1v) is 12.2. The number of thiophene rings is 1. The van der Waals surface area contributed by atoms with Gasteiger partial charge in [-0.1, -0.05) is 12.1 Å². The number of hydrogen-bond donors (Lipinski definition) is 3. The molecule has 2 heterocycles. The van der Waals surface area contributed by atoms with Crippen molar-refractivity contribution in [3.8, 4) is 5.75 Å². The van der Waals surface area contributed by atoms with Crippen molar-refractivity contribution in [1.82, 2.24) is 15.3 Å². The third kappa shape index (κ3) is 5.05. The minimum absolute atomic E-state index is 0.0265. The number of nitrogens with one attached hydrogen (secondary N) is 2. The fraction of sp³-hybridized carbons (Fsp3) is 0.409. The SMILES string of the molecule is O=C(CCSCc1nc2sc3c(c2c(=O)[nH]1)CCC3)NCCCc1ccc(O)cc1. The summed E-state index contributed by atoms with van der Waals surface area (Å²) < 4.78 is 0. The summed E-state index contributed by atoms with van der Waals surface area (Å²) in [6.45, 7) is 0.638. The molecule has 0 saturated carbocycles. The van der Waals surface area contributed by atoms with Crippen molar-refractivity contribution >= 4 is 39.2 Å². The molecule has 1 amide bonds. The van der Waals surface area contributed by atoms with Gasteiger partial charge in [-0.25, -0.2) is 4.98 Å². The van der Waals surface area contributed by atoms with E-state index in [0.717, 1.165) is 47.9 Å². The molecule has 3 N–H and O–H groups in total. The number of nitrogens with zero attached hydrogens (tertiary/aromatic N) is 1. The third-order valence-electron chi connectivity index (χ3n) is 5.24. The molecule has 0 bridgehead atoms. The van der Waals surface area contributed by atoms with Gasteiger partial charge in [0, 0.05) is 23.6 Å². The Balaban J connectivity index is 1.16. The van der Waals surface area contributed by atoms with Gasteiger partial charge in [0.05, 0.1) is 11.1 Å². The highest BCUT2D eigenvalue weighted by molar-refractivity contribution is 7.98. The van der Waals surface area contributed by atoms with Gasteiger partial charge >= 0.3 is 0 Å². The first-order chi connectivity index (χ1) is 14.6. The Bertz CT molecular complexity index is 1090. The van der Waals surface area contributed by atoms with E-state index in [4.69, 9.17) is 0 Å². The van der Waals surface area contributed by atoms with Crippen LogP contribution >= 0.6 is 23.1 Å². The van der Waals surface area contributed by atoms with Crippen LogP contribution in [-0.4, -0.2) is 33.3 Å². The maximum Gasteiger partial charge on any atom is 0.259 e. The Labute approximate surface area is 183 Å². The molecule has 0 saturated heterocycles. The summed E-state index contributed by atoms with van der Waals surface area (Å²) in [5.41, 5.74) is 2.32. The van der Waals surface area contributed by atoms with Crippen LogP contribution in [0.2, 0.25) is 0 Å². The molecule has 3 aromatic rings. The van der Waals surface area contributed by atoms with E-state index >= 15 is 0 Å². The Morgan fingerprint density at radius 3 is 2.93 bits per heavy atom. The Kier molecular flexibility index (Phi) is 6.74. The molecule has 0 unspecified atom stereocenters. The minimum Gasteiger partial charge on any atom is -0.508 e. The number of benzene rings is 1. The lowest BCUT2D eigenvalue weighted by Crippen LogP contribution is -2.25. The first-order valence-electron chi connectivity index (χ1n) is 10.3. The average Bonchev–Trinajstić information content (AvgIpc) is 3.31. The number of rotatable bonds is 9. The second-order valence-electron chi connectivity index (χ2n) is 7.47. The number of amides is 1. The van der Waals surface area contributed by atoms with Crippen LogP contribution in [0.25, 0.3) is 10.2 Å². The van der Waals surface area contributed by atoms with Crippen LogP contribution in [0.15, 0.2) is 29.1 Å². The van der Waals surface area contributed by atoms with E-state index in [9.17, 15) is 14.7 Å². The van der Waals surface area contributed by atoms with Crippen molar-refractivity contribution in [3.63, 3.8) is 0 Å². The number of phenols is 1. The van der Waals surface area contributed by atoms with Crippen molar-refractivity contribution in [2.45, 2.75) is 44.3 Å². The smallest absolute Gasteiger partial charge is 0.259 e. The number of aromatic hydroxyl groups is 1. The van der Waals surface area contributed by atoms with Crippen molar-refractivity contribution in [1.29, 1.82) is 0 Å². The standard InChI is InChI=1S/C22H25N3O3S2/c26-15-8-6-14(7-9-15)3-2-11-23-19(27)10-12-29-13-18-24-21(28)20-16-4-1-5-17(16)30-22(20)25-18/h6-9,26H,1-5,10-13H2,(H,23,27)(H,24,25,28). The van der Waals surface area contributed by atoms with Crippen LogP contribution in [0.4, 0.5) is 0 Å². The number of carbonyl (C=O) groups is 1. The summed E-state index contributed by atoms with van der Waals surface area (Å²) >= 11 is 3.26. The highest BCUT2D eigenvalue weighted by Crippen LogP contribution is 2.34. The number of H-pyrrole nitrogens is 1. The lowest BCUT2D eigenvalue weighted by molar-refractivity contribution is -0.120. The molecule has 0 aliphatic heterocycles. The molecule has 1 aliphatic carbocycles. The maximum absolute atomic E-state index is 12.5. The highest BCUT2D eigenvalue weighted by Gasteiger charge is 2.21. The number of thioether (sulfide) groups is 1. The number of aryl methyl sites for hydroxylation is 3. The lowest BCUT2D eigenvalue weighted by Gasteiger charge is -2.06. The predicted molar refractivity (Wildman–Crippen MR) is 122 cm³/mol. The monoisotopic (exact) mass is 443 g/mol. The number of carbonyl (C=O) groups excluding carboxylic acids is 1. The zero-order valence-corrected chi connectivity index (χ0v) is 18.3. The summed E-state index contributed by atoms with van der Waals surface area (Å²) in [4.78, 5) is 34.2. The van der Waals surface area contributed by atoms with Gasteiger partial charge < -0.3 is 15.4 Å². The summed E-state index contributed by atoms with van der Waals surface area (Å²) in [7, 11) is 0. The van der Waals surface area contributed by atoms with Gasteiger partial charge in [0.25, 0.3) is 5.56 Å². The molecular formula is C22H25N3O3S2. The van der Waals surface area contributed by atoms with Gasteiger partial charge in [-0.3, -0.25) is 9.59 Å². The second kappa shape index (κ2) is 9.66. The first kappa shape index (κ1) is 20.9. The van der Waals surface area contributed by atoms with E-state index in [1.54, 1.807) is 35.2 Å². The predicted octanol–water partition coefficient (Wildman–Crippen LogP) is 3.55. The molecular weight excluding hydrogens is 418 g/mol. The molecule has 1 aliphatic rings. The van der Waals surface area contributed by atoms with E-state index in [1.165, 1.54) is 10.4 Å². The van der Waals surface area contributed by atoms with E-state index in [0.29, 0.717) is 30.3 Å². The van der Waals surface area contributed by atoms with Crippen molar-refractivity contribution in [2.75, 3.05) is 12.3 Å². The quantitative estimate of drug-likeness (QED) is 0.440. The average molecular weight is 444 g/mol. The molecule has 30 heavy (non-hydrogen) atoms. The minimum atomic E-state index is -0.0265. The highest BCUT2D eigenvalue weighted by atomic mass is 32.2. The van der Waals surface area contributed by atoms with Crippen LogP contribution in [-0.2, 0) is 29.8 Å². The maximum atomic E-state index is 12.5. The molecule has 2 aromatic heterocycles. The van der Waals surface area contributed by atoms with E-state index in [2.05, 4.69) is 15.3 Å². The van der Waals surface area contributed by atoms with Crippen LogP contribution in [0, 0.1) is 0 Å². The zero-order valence-electron chi connectivity index (χ0n) is 16.7. The molecule has 4 rings (SSSR count). The van der Waals surface area contributed by atoms with Gasteiger partial charge in [0.2, 0.25) is 5.91 Å². The molecule has 0 atom stereocenters. The lowest BCUT2D eigenvalue weighted by atomic mass is 10.1. The van der Waals surface area contributed by atoms with Gasteiger partial charge in [0.15, 0.2) is 0 Å². The van der Waals surface area contributed by atoms with Crippen LogP contribution < -0.4 is 10.9 Å². The second-order valence-corrected chi connectivity index (χ2v) is 9.66. The Hall–Kier alpha value is -2.32. The zero-order chi connectivity index (χ0) is 20.9. The molecule has 0 radical (unpaired) electrons. The fourth-order valence-corrected chi connectivity index (χ4v) is 5.81. The third-order valence-corrected chi connectivity index (χ3v) is 7.39. The summed E-state index contributed by atoms with van der Waals surface area (Å²) in [5.74, 6) is 2.28. The van der Waals surface area contributed by atoms with Crippen molar-refractivity contribution < 1.29 is 9.90 Å². The molecule has 0 fully saturated rings. The summed E-state index contributed by atoms with van der Waals surface area (Å²) in [6, 6.07) is 7.15. The molecule has 0 spiro atoms. The molecule has 158 valence electrons. The van der Waals surface area contributed by atoms with Crippen molar-refractivity contribution in [3.05, 3.63) is 56.4 Å². The van der Waals surface area contributed by atoms with Crippen LogP contribution in [0.5, 0.6) is 5.75 Å². The van der Waals surface area contributed by atoms with E-state index < -0.39 is 0 Å². The van der Waals surface area contributed by atoms with Gasteiger partial charge in [-0.05, 0) is 55.4 Å². The van der Waals surface area contributed by atoms with Gasteiger partial charge in [-0.15, -0.1) is 11.3 Å². The number of phenolic OH excluding ortho intramolecular Hbond substituents is 1. The van der Waals surface area contributed by atoms with Gasteiger partial charge in [0.1, 0.15) is 16.4 Å². The topological polar surface area (TPSA) is 95.1 Å². The molecule has 6 nitrogen and oxygen atoms in total. The Morgan fingerprint density at radius 1 is 1.27 bits per heavy atom. The van der Waals surface area contributed by atoms with Crippen molar-refractivity contribution in [2.24, 2.45) is 0 Å². The largest absolute Gasteiger partial charge is 0.508 e. The number of aromatic amines is 1. The summed E-state index contributed by atoms with van der Waals surface area (Å²) in [5, 5.41) is 13.0.